The van der Waals surface area contributed by atoms with Crippen LogP contribution in [0.3, 0.4) is 0 Å². The van der Waals surface area contributed by atoms with Gasteiger partial charge in [0.15, 0.2) is 0 Å². The molecule has 7 heteroatoms. The number of nitrogens with one attached hydrogen (secondary N) is 1. The number of carbonyl (C=O) groups is 1. The second-order valence-corrected chi connectivity index (χ2v) is 8.04. The zero-order chi connectivity index (χ0) is 19.3. The van der Waals surface area contributed by atoms with Crippen LogP contribution in [0.5, 0.6) is 5.75 Å². The Morgan fingerprint density at radius 3 is 2.27 bits per heavy atom. The summed E-state index contributed by atoms with van der Waals surface area (Å²) in [5.74, 6) is 0.223. The molecule has 0 radical (unpaired) electrons. The second kappa shape index (κ2) is 8.23. The number of methoxy groups -OCH3 is 1. The SMILES string of the molecule is COc1ccc(C)cc1N(CCNC(=O)c1ccc(C)cc1)S(C)(=O)=O. The molecule has 2 aromatic rings. The van der Waals surface area contributed by atoms with Crippen molar-refractivity contribution in [3.8, 4) is 5.75 Å². The van der Waals surface area contributed by atoms with E-state index in [0.717, 1.165) is 17.4 Å². The predicted octanol–water partition coefficient (Wildman–Crippen LogP) is 2.51. The van der Waals surface area contributed by atoms with Crippen LogP contribution >= 0.6 is 0 Å². The number of anilines is 1. The van der Waals surface area contributed by atoms with E-state index < -0.39 is 10.0 Å². The maximum absolute atomic E-state index is 12.3. The van der Waals surface area contributed by atoms with Gasteiger partial charge in [0, 0.05) is 12.1 Å². The molecule has 0 aliphatic rings. The van der Waals surface area contributed by atoms with Crippen LogP contribution in [0.1, 0.15) is 21.5 Å². The van der Waals surface area contributed by atoms with Crippen molar-refractivity contribution in [1.82, 2.24) is 5.32 Å². The summed E-state index contributed by atoms with van der Waals surface area (Å²) in [7, 11) is -2.04. The molecular weight excluding hydrogens is 352 g/mol. The average Bonchev–Trinajstić information content (AvgIpc) is 2.58. The van der Waals surface area contributed by atoms with Gasteiger partial charge in [0.1, 0.15) is 5.75 Å². The second-order valence-electron chi connectivity index (χ2n) is 6.13. The van der Waals surface area contributed by atoms with Crippen molar-refractivity contribution in [2.75, 3.05) is 30.8 Å². The van der Waals surface area contributed by atoms with E-state index in [9.17, 15) is 13.2 Å². The fourth-order valence-corrected chi connectivity index (χ4v) is 3.46. The molecule has 0 saturated heterocycles. The number of nitrogens with zero attached hydrogens (tertiary/aromatic N) is 1. The first-order chi connectivity index (χ1) is 12.2. The molecule has 0 fully saturated rings. The van der Waals surface area contributed by atoms with Gasteiger partial charge < -0.3 is 10.1 Å². The molecule has 0 saturated carbocycles. The van der Waals surface area contributed by atoms with Crippen LogP contribution in [0.25, 0.3) is 0 Å². The minimum atomic E-state index is -3.53. The molecule has 2 aromatic carbocycles. The number of hydrogen-bond donors (Lipinski definition) is 1. The monoisotopic (exact) mass is 376 g/mol. The Kier molecular flexibility index (Phi) is 6.26. The molecule has 0 heterocycles. The highest BCUT2D eigenvalue weighted by atomic mass is 32.2. The summed E-state index contributed by atoms with van der Waals surface area (Å²) >= 11 is 0. The molecule has 2 rings (SSSR count). The quantitative estimate of drug-likeness (QED) is 0.806. The number of ether oxygens (including phenoxy) is 1. The number of sulfonamides is 1. The summed E-state index contributed by atoms with van der Waals surface area (Å²) in [4.78, 5) is 12.2. The van der Waals surface area contributed by atoms with Gasteiger partial charge >= 0.3 is 0 Å². The van der Waals surface area contributed by atoms with Gasteiger partial charge in [-0.2, -0.15) is 0 Å². The van der Waals surface area contributed by atoms with Crippen molar-refractivity contribution >= 4 is 21.6 Å². The van der Waals surface area contributed by atoms with Gasteiger partial charge in [-0.25, -0.2) is 8.42 Å². The Morgan fingerprint density at radius 2 is 1.69 bits per heavy atom. The molecule has 0 spiro atoms. The number of carbonyl (C=O) groups excluding carboxylic acids is 1. The molecule has 1 N–H and O–H groups in total. The van der Waals surface area contributed by atoms with Gasteiger partial charge in [-0.1, -0.05) is 23.8 Å². The molecular formula is C19H24N2O4S. The topological polar surface area (TPSA) is 75.7 Å². The number of aryl methyl sites for hydroxylation is 2. The lowest BCUT2D eigenvalue weighted by atomic mass is 10.1. The lowest BCUT2D eigenvalue weighted by Crippen LogP contribution is -2.38. The van der Waals surface area contributed by atoms with E-state index in [-0.39, 0.29) is 19.0 Å². The van der Waals surface area contributed by atoms with Crippen LogP contribution in [0, 0.1) is 13.8 Å². The van der Waals surface area contributed by atoms with Crippen LogP contribution in [-0.4, -0.2) is 40.8 Å². The Hall–Kier alpha value is -2.54. The third kappa shape index (κ3) is 4.98. The minimum Gasteiger partial charge on any atom is -0.495 e. The third-order valence-corrected chi connectivity index (χ3v) is 5.10. The molecule has 140 valence electrons. The molecule has 0 aliphatic heterocycles. The number of benzene rings is 2. The van der Waals surface area contributed by atoms with Crippen molar-refractivity contribution in [2.24, 2.45) is 0 Å². The van der Waals surface area contributed by atoms with Crippen LogP contribution in [0.4, 0.5) is 5.69 Å². The largest absolute Gasteiger partial charge is 0.495 e. The van der Waals surface area contributed by atoms with Gasteiger partial charge in [-0.15, -0.1) is 0 Å². The summed E-state index contributed by atoms with van der Waals surface area (Å²) in [6.07, 6.45) is 1.14. The van der Waals surface area contributed by atoms with Gasteiger partial charge in [0.05, 0.1) is 25.6 Å². The molecule has 6 nitrogen and oxygen atoms in total. The lowest BCUT2D eigenvalue weighted by Gasteiger charge is -2.24. The average molecular weight is 376 g/mol. The first-order valence-corrected chi connectivity index (χ1v) is 10.0. The maximum Gasteiger partial charge on any atom is 0.251 e. The van der Waals surface area contributed by atoms with E-state index in [1.165, 1.54) is 11.4 Å². The number of amides is 1. The molecule has 0 aliphatic carbocycles. The summed E-state index contributed by atoms with van der Waals surface area (Å²) in [6, 6.07) is 12.5. The summed E-state index contributed by atoms with van der Waals surface area (Å²) in [5, 5.41) is 2.76. The summed E-state index contributed by atoms with van der Waals surface area (Å²) in [5.41, 5.74) is 2.98. The zero-order valence-corrected chi connectivity index (χ0v) is 16.3. The molecule has 0 bridgehead atoms. The summed E-state index contributed by atoms with van der Waals surface area (Å²) in [6.45, 7) is 4.11. The number of hydrogen-bond acceptors (Lipinski definition) is 4. The van der Waals surface area contributed by atoms with Gasteiger partial charge in [0.2, 0.25) is 10.0 Å². The van der Waals surface area contributed by atoms with Gasteiger partial charge in [-0.3, -0.25) is 9.10 Å². The molecule has 1 amide bonds. The highest BCUT2D eigenvalue weighted by Gasteiger charge is 2.21. The van der Waals surface area contributed by atoms with Gasteiger partial charge in [-0.05, 0) is 43.7 Å². The highest BCUT2D eigenvalue weighted by molar-refractivity contribution is 7.92. The normalized spacial score (nSPS) is 11.1. The van der Waals surface area contributed by atoms with E-state index in [0.29, 0.717) is 17.0 Å². The zero-order valence-electron chi connectivity index (χ0n) is 15.4. The van der Waals surface area contributed by atoms with Gasteiger partial charge in [0.25, 0.3) is 5.91 Å². The van der Waals surface area contributed by atoms with E-state index >= 15 is 0 Å². The minimum absolute atomic E-state index is 0.107. The Bertz CT molecular complexity index is 877. The smallest absolute Gasteiger partial charge is 0.251 e. The van der Waals surface area contributed by atoms with Crippen molar-refractivity contribution in [3.05, 3.63) is 59.2 Å². The Labute approximate surface area is 154 Å². The first-order valence-electron chi connectivity index (χ1n) is 8.19. The fourth-order valence-electron chi connectivity index (χ4n) is 2.54. The van der Waals surface area contributed by atoms with E-state index in [2.05, 4.69) is 5.32 Å². The Morgan fingerprint density at radius 1 is 1.08 bits per heavy atom. The lowest BCUT2D eigenvalue weighted by molar-refractivity contribution is 0.0955. The van der Waals surface area contributed by atoms with Crippen molar-refractivity contribution in [1.29, 1.82) is 0 Å². The van der Waals surface area contributed by atoms with Crippen LogP contribution in [0.2, 0.25) is 0 Å². The molecule has 0 aromatic heterocycles. The van der Waals surface area contributed by atoms with E-state index in [1.807, 2.05) is 32.0 Å². The fraction of sp³-hybridized carbons (Fsp3) is 0.316. The predicted molar refractivity (Wildman–Crippen MR) is 103 cm³/mol. The first kappa shape index (κ1) is 19.8. The molecule has 0 unspecified atom stereocenters. The highest BCUT2D eigenvalue weighted by Crippen LogP contribution is 2.30. The molecule has 0 atom stereocenters. The van der Waals surface area contributed by atoms with Crippen molar-refractivity contribution < 1.29 is 17.9 Å². The van der Waals surface area contributed by atoms with Crippen molar-refractivity contribution in [3.63, 3.8) is 0 Å². The maximum atomic E-state index is 12.3. The van der Waals surface area contributed by atoms with E-state index in [4.69, 9.17) is 4.74 Å². The summed E-state index contributed by atoms with van der Waals surface area (Å²) < 4.78 is 31.0. The number of rotatable bonds is 7. The van der Waals surface area contributed by atoms with Crippen LogP contribution < -0.4 is 14.4 Å². The van der Waals surface area contributed by atoms with Crippen LogP contribution in [-0.2, 0) is 10.0 Å². The Balaban J connectivity index is 2.14. The van der Waals surface area contributed by atoms with Crippen molar-refractivity contribution in [2.45, 2.75) is 13.8 Å². The molecule has 26 heavy (non-hydrogen) atoms. The third-order valence-electron chi connectivity index (χ3n) is 3.92. The van der Waals surface area contributed by atoms with Crippen LogP contribution in [0.15, 0.2) is 42.5 Å². The van der Waals surface area contributed by atoms with E-state index in [1.54, 1.807) is 24.3 Å². The standard InChI is InChI=1S/C19H24N2O4S/c1-14-5-8-16(9-6-14)19(22)20-11-12-21(26(4,23)24)17-13-15(2)7-10-18(17)25-3/h5-10,13H,11-12H2,1-4H3,(H,20,22).